The molecule has 0 aromatic carbocycles. The molecule has 0 spiro atoms. The quantitative estimate of drug-likeness (QED) is 0.0465. The van der Waals surface area contributed by atoms with Gasteiger partial charge in [-0.3, -0.25) is 4.79 Å². The Balaban J connectivity index is 3.46. The maximum Gasteiger partial charge on any atom is 0.249 e. The number of unbranched alkanes of at least 4 members (excludes halogenated alkanes) is 38. The minimum atomic E-state index is -1.07. The molecule has 0 saturated heterocycles. The van der Waals surface area contributed by atoms with Crippen molar-refractivity contribution in [2.24, 2.45) is 0 Å². The van der Waals surface area contributed by atoms with E-state index < -0.39 is 24.2 Å². The summed E-state index contributed by atoms with van der Waals surface area (Å²) in [5.74, 6) is -0.465. The standard InChI is InChI=1S/C49H99NO4/c1-3-5-7-9-11-13-15-17-18-19-20-21-22-23-24-25-26-27-28-29-30-31-32-34-36-38-40-42-44-48(53)49(54)50-46(45-51)47(52)43-41-39-37-35-33-16-14-12-10-8-6-4-2/h46-48,51-53H,3-45H2,1-2H3,(H,50,54). The Morgan fingerprint density at radius 3 is 0.833 bits per heavy atom. The van der Waals surface area contributed by atoms with E-state index in [2.05, 4.69) is 19.2 Å². The summed E-state index contributed by atoms with van der Waals surface area (Å²) in [7, 11) is 0. The van der Waals surface area contributed by atoms with Gasteiger partial charge in [-0.2, -0.15) is 0 Å². The monoisotopic (exact) mass is 766 g/mol. The van der Waals surface area contributed by atoms with Crippen LogP contribution in [0.15, 0.2) is 0 Å². The number of amides is 1. The molecule has 0 rings (SSSR count). The minimum Gasteiger partial charge on any atom is -0.394 e. The van der Waals surface area contributed by atoms with Crippen LogP contribution in [0.2, 0.25) is 0 Å². The van der Waals surface area contributed by atoms with Crippen molar-refractivity contribution in [2.75, 3.05) is 6.61 Å². The Morgan fingerprint density at radius 2 is 0.593 bits per heavy atom. The molecule has 54 heavy (non-hydrogen) atoms. The molecule has 0 aromatic heterocycles. The van der Waals surface area contributed by atoms with E-state index in [1.165, 1.54) is 225 Å². The third-order valence-corrected chi connectivity index (χ3v) is 12.0. The van der Waals surface area contributed by atoms with Crippen molar-refractivity contribution in [3.05, 3.63) is 0 Å². The van der Waals surface area contributed by atoms with Crippen LogP contribution >= 0.6 is 0 Å². The van der Waals surface area contributed by atoms with Gasteiger partial charge in [-0.05, 0) is 12.8 Å². The molecule has 0 fully saturated rings. The van der Waals surface area contributed by atoms with Gasteiger partial charge in [-0.15, -0.1) is 0 Å². The number of aliphatic hydroxyl groups excluding tert-OH is 3. The summed E-state index contributed by atoms with van der Waals surface area (Å²) in [6.45, 7) is 4.25. The second-order valence-corrected chi connectivity index (χ2v) is 17.4. The molecule has 0 bridgehead atoms. The average Bonchev–Trinajstić information content (AvgIpc) is 3.18. The van der Waals surface area contributed by atoms with E-state index in [0.29, 0.717) is 12.8 Å². The van der Waals surface area contributed by atoms with Crippen LogP contribution in [-0.2, 0) is 4.79 Å². The zero-order valence-electron chi connectivity index (χ0n) is 36.9. The number of nitrogens with one attached hydrogen (secondary N) is 1. The van der Waals surface area contributed by atoms with Crippen LogP contribution in [0.5, 0.6) is 0 Å². The first-order chi connectivity index (χ1) is 26.6. The van der Waals surface area contributed by atoms with Crippen LogP contribution in [0.25, 0.3) is 0 Å². The first kappa shape index (κ1) is 53.4. The van der Waals surface area contributed by atoms with Gasteiger partial charge in [0, 0.05) is 0 Å². The molecular weight excluding hydrogens is 667 g/mol. The molecule has 0 heterocycles. The number of hydrogen-bond acceptors (Lipinski definition) is 4. The molecule has 1 amide bonds. The number of carbonyl (C=O) groups excluding carboxylic acids is 1. The van der Waals surface area contributed by atoms with E-state index in [0.717, 1.165) is 32.1 Å². The van der Waals surface area contributed by atoms with Crippen molar-refractivity contribution in [1.29, 1.82) is 0 Å². The normalized spacial score (nSPS) is 13.4. The number of hydrogen-bond donors (Lipinski definition) is 4. The van der Waals surface area contributed by atoms with Crippen molar-refractivity contribution in [3.8, 4) is 0 Å². The highest BCUT2D eigenvalue weighted by atomic mass is 16.3. The van der Waals surface area contributed by atoms with Crippen LogP contribution in [0.1, 0.15) is 284 Å². The fourth-order valence-corrected chi connectivity index (χ4v) is 8.08. The minimum absolute atomic E-state index is 0.308. The van der Waals surface area contributed by atoms with Gasteiger partial charge in [0.2, 0.25) is 5.91 Å². The summed E-state index contributed by atoms with van der Waals surface area (Å²) in [5.41, 5.74) is 0. The third-order valence-electron chi connectivity index (χ3n) is 12.0. The summed E-state index contributed by atoms with van der Waals surface area (Å²) >= 11 is 0. The molecule has 3 unspecified atom stereocenters. The zero-order valence-corrected chi connectivity index (χ0v) is 36.9. The Hall–Kier alpha value is -0.650. The molecule has 0 aromatic rings. The Morgan fingerprint density at radius 1 is 0.370 bits per heavy atom. The molecule has 324 valence electrons. The van der Waals surface area contributed by atoms with E-state index >= 15 is 0 Å². The zero-order chi connectivity index (χ0) is 39.4. The SMILES string of the molecule is CCCCCCCCCCCCCCCCCCCCCCCCCCCCCCC(O)C(=O)NC(CO)C(O)CCCCCCCCCCCCCC. The van der Waals surface area contributed by atoms with Crippen LogP contribution in [0.3, 0.4) is 0 Å². The van der Waals surface area contributed by atoms with Crippen molar-refractivity contribution in [3.63, 3.8) is 0 Å². The van der Waals surface area contributed by atoms with E-state index in [-0.39, 0.29) is 6.61 Å². The highest BCUT2D eigenvalue weighted by Crippen LogP contribution is 2.18. The van der Waals surface area contributed by atoms with Gasteiger partial charge in [0.05, 0.1) is 18.8 Å². The molecule has 4 N–H and O–H groups in total. The van der Waals surface area contributed by atoms with Crippen molar-refractivity contribution in [1.82, 2.24) is 5.32 Å². The van der Waals surface area contributed by atoms with E-state index in [9.17, 15) is 20.1 Å². The predicted octanol–water partition coefficient (Wildman–Crippen LogP) is 14.6. The van der Waals surface area contributed by atoms with Gasteiger partial charge in [-0.1, -0.05) is 271 Å². The maximum atomic E-state index is 12.5. The molecule has 0 saturated carbocycles. The van der Waals surface area contributed by atoms with Gasteiger partial charge in [0.15, 0.2) is 0 Å². The summed E-state index contributed by atoms with van der Waals surface area (Å²) < 4.78 is 0. The molecule has 3 atom stereocenters. The molecule has 5 heteroatoms. The lowest BCUT2D eigenvalue weighted by Crippen LogP contribution is -2.49. The summed E-state index contributed by atoms with van der Waals surface area (Å²) in [5, 5.41) is 33.3. The van der Waals surface area contributed by atoms with E-state index in [1.807, 2.05) is 0 Å². The topological polar surface area (TPSA) is 89.8 Å². The van der Waals surface area contributed by atoms with Gasteiger partial charge in [0.1, 0.15) is 6.10 Å². The summed E-state index contributed by atoms with van der Waals surface area (Å²) in [4.78, 5) is 12.5. The van der Waals surface area contributed by atoms with Crippen LogP contribution in [0.4, 0.5) is 0 Å². The first-order valence-corrected chi connectivity index (χ1v) is 24.8. The van der Waals surface area contributed by atoms with Gasteiger partial charge < -0.3 is 20.6 Å². The number of aliphatic hydroxyl groups is 3. The second kappa shape index (κ2) is 45.1. The lowest BCUT2D eigenvalue weighted by Gasteiger charge is -2.23. The molecule has 0 aliphatic rings. The Kier molecular flexibility index (Phi) is 44.5. The lowest BCUT2D eigenvalue weighted by atomic mass is 10.0. The maximum absolute atomic E-state index is 12.5. The van der Waals surface area contributed by atoms with Crippen molar-refractivity contribution >= 4 is 5.91 Å². The van der Waals surface area contributed by atoms with Crippen molar-refractivity contribution in [2.45, 2.75) is 302 Å². The van der Waals surface area contributed by atoms with E-state index in [4.69, 9.17) is 0 Å². The first-order valence-electron chi connectivity index (χ1n) is 24.8. The summed E-state index contributed by atoms with van der Waals surface area (Å²) in [6.07, 6.45) is 52.8. The smallest absolute Gasteiger partial charge is 0.249 e. The van der Waals surface area contributed by atoms with Gasteiger partial charge in [-0.25, -0.2) is 0 Å². The highest BCUT2D eigenvalue weighted by Gasteiger charge is 2.23. The number of rotatable bonds is 46. The fraction of sp³-hybridized carbons (Fsp3) is 0.980. The Labute approximate surface area is 338 Å². The highest BCUT2D eigenvalue weighted by molar-refractivity contribution is 5.80. The third kappa shape index (κ3) is 39.6. The largest absolute Gasteiger partial charge is 0.394 e. The lowest BCUT2D eigenvalue weighted by molar-refractivity contribution is -0.131. The second-order valence-electron chi connectivity index (χ2n) is 17.4. The number of carbonyl (C=O) groups is 1. The molecule has 5 nitrogen and oxygen atoms in total. The van der Waals surface area contributed by atoms with Crippen LogP contribution < -0.4 is 5.32 Å². The molecule has 0 aliphatic carbocycles. The molecule has 0 aliphatic heterocycles. The van der Waals surface area contributed by atoms with Crippen LogP contribution in [0, 0.1) is 0 Å². The fourth-order valence-electron chi connectivity index (χ4n) is 8.08. The summed E-state index contributed by atoms with van der Waals surface area (Å²) in [6, 6.07) is -0.705. The average molecular weight is 766 g/mol. The predicted molar refractivity (Wildman–Crippen MR) is 236 cm³/mol. The Bertz CT molecular complexity index is 718. The van der Waals surface area contributed by atoms with Crippen LogP contribution in [-0.4, -0.2) is 46.1 Å². The van der Waals surface area contributed by atoms with E-state index in [1.54, 1.807) is 0 Å². The molecule has 0 radical (unpaired) electrons. The van der Waals surface area contributed by atoms with Gasteiger partial charge in [0.25, 0.3) is 0 Å². The molecular formula is C49H99NO4. The van der Waals surface area contributed by atoms with Crippen molar-refractivity contribution < 1.29 is 20.1 Å². The van der Waals surface area contributed by atoms with Gasteiger partial charge >= 0.3 is 0 Å².